The monoisotopic (exact) mass is 296 g/mol. The van der Waals surface area contributed by atoms with Crippen LogP contribution in [0.1, 0.15) is 49.4 Å². The maximum atomic E-state index is 12.2. The van der Waals surface area contributed by atoms with Gasteiger partial charge in [-0.2, -0.15) is 0 Å². The van der Waals surface area contributed by atoms with Crippen LogP contribution in [-0.4, -0.2) is 54.1 Å². The minimum absolute atomic E-state index is 0.0789. The van der Waals surface area contributed by atoms with Gasteiger partial charge in [0.25, 0.3) is 5.91 Å². The number of aliphatic hydroxyl groups excluding tert-OH is 1. The molecule has 0 aliphatic heterocycles. The van der Waals surface area contributed by atoms with E-state index in [0.717, 1.165) is 44.7 Å². The predicted octanol–water partition coefficient (Wildman–Crippen LogP) is 2.36. The molecule has 1 heterocycles. The summed E-state index contributed by atoms with van der Waals surface area (Å²) in [7, 11) is 1.79. The number of aliphatic hydroxyl groups is 1. The SMILES string of the molecule is CCN(CC)Cc1ccc(C(=O)N(C)CCCCCO)o1. The third-order valence-electron chi connectivity index (χ3n) is 3.64. The summed E-state index contributed by atoms with van der Waals surface area (Å²) in [5.74, 6) is 1.15. The molecule has 1 amide bonds. The van der Waals surface area contributed by atoms with Gasteiger partial charge in [0.15, 0.2) is 5.76 Å². The van der Waals surface area contributed by atoms with Crippen LogP contribution >= 0.6 is 0 Å². The first kappa shape index (κ1) is 17.7. The Labute approximate surface area is 127 Å². The van der Waals surface area contributed by atoms with Gasteiger partial charge < -0.3 is 14.4 Å². The molecule has 0 fully saturated rings. The van der Waals surface area contributed by atoms with Crippen molar-refractivity contribution in [2.24, 2.45) is 0 Å². The van der Waals surface area contributed by atoms with E-state index in [0.29, 0.717) is 12.3 Å². The third kappa shape index (κ3) is 5.89. The molecule has 5 nitrogen and oxygen atoms in total. The van der Waals surface area contributed by atoms with Crippen molar-refractivity contribution in [2.75, 3.05) is 33.3 Å². The molecule has 0 saturated carbocycles. The molecule has 1 rings (SSSR count). The molecule has 0 saturated heterocycles. The van der Waals surface area contributed by atoms with Crippen molar-refractivity contribution < 1.29 is 14.3 Å². The van der Waals surface area contributed by atoms with Gasteiger partial charge >= 0.3 is 0 Å². The number of amides is 1. The molecule has 1 N–H and O–H groups in total. The first-order valence-corrected chi connectivity index (χ1v) is 7.79. The molecule has 0 bridgehead atoms. The molecule has 0 spiro atoms. The van der Waals surface area contributed by atoms with Crippen LogP contribution in [0.5, 0.6) is 0 Å². The minimum atomic E-state index is -0.0789. The van der Waals surface area contributed by atoms with Gasteiger partial charge in [0, 0.05) is 20.2 Å². The van der Waals surface area contributed by atoms with Crippen molar-refractivity contribution in [2.45, 2.75) is 39.7 Å². The zero-order chi connectivity index (χ0) is 15.7. The Morgan fingerprint density at radius 2 is 1.90 bits per heavy atom. The van der Waals surface area contributed by atoms with Gasteiger partial charge in [-0.15, -0.1) is 0 Å². The normalized spacial score (nSPS) is 11.1. The highest BCUT2D eigenvalue weighted by molar-refractivity contribution is 5.91. The molecule has 0 aliphatic carbocycles. The molecule has 21 heavy (non-hydrogen) atoms. The number of carbonyl (C=O) groups excluding carboxylic acids is 1. The molecule has 1 aromatic heterocycles. The van der Waals surface area contributed by atoms with Crippen molar-refractivity contribution >= 4 is 5.91 Å². The van der Waals surface area contributed by atoms with Crippen molar-refractivity contribution in [3.63, 3.8) is 0 Å². The molecule has 0 aromatic carbocycles. The summed E-state index contributed by atoms with van der Waals surface area (Å²) in [4.78, 5) is 16.1. The van der Waals surface area contributed by atoms with Crippen LogP contribution in [-0.2, 0) is 6.54 Å². The summed E-state index contributed by atoms with van der Waals surface area (Å²) in [5.41, 5.74) is 0. The molecule has 1 aromatic rings. The molecule has 5 heteroatoms. The fraction of sp³-hybridized carbons (Fsp3) is 0.688. The summed E-state index contributed by atoms with van der Waals surface area (Å²) < 4.78 is 5.66. The Balaban J connectivity index is 2.49. The van der Waals surface area contributed by atoms with E-state index in [1.807, 2.05) is 6.07 Å². The lowest BCUT2D eigenvalue weighted by Crippen LogP contribution is -2.27. The highest BCUT2D eigenvalue weighted by atomic mass is 16.4. The summed E-state index contributed by atoms with van der Waals surface area (Å²) in [6.45, 7) is 7.78. The van der Waals surface area contributed by atoms with Crippen LogP contribution in [0.25, 0.3) is 0 Å². The van der Waals surface area contributed by atoms with Crippen LogP contribution in [0.15, 0.2) is 16.5 Å². The van der Waals surface area contributed by atoms with E-state index in [9.17, 15) is 4.79 Å². The first-order valence-electron chi connectivity index (χ1n) is 7.79. The van der Waals surface area contributed by atoms with E-state index >= 15 is 0 Å². The molecule has 0 radical (unpaired) electrons. The summed E-state index contributed by atoms with van der Waals surface area (Å²) in [6, 6.07) is 3.64. The third-order valence-corrected chi connectivity index (χ3v) is 3.64. The molecule has 0 atom stereocenters. The summed E-state index contributed by atoms with van der Waals surface area (Å²) in [5, 5.41) is 8.73. The maximum Gasteiger partial charge on any atom is 0.289 e. The number of unbranched alkanes of at least 4 members (excludes halogenated alkanes) is 2. The van der Waals surface area contributed by atoms with Gasteiger partial charge in [-0.3, -0.25) is 9.69 Å². The summed E-state index contributed by atoms with van der Waals surface area (Å²) >= 11 is 0. The molecule has 120 valence electrons. The highest BCUT2D eigenvalue weighted by Crippen LogP contribution is 2.13. The average molecular weight is 296 g/mol. The van der Waals surface area contributed by atoms with E-state index in [4.69, 9.17) is 9.52 Å². The number of rotatable bonds is 10. The van der Waals surface area contributed by atoms with Gasteiger partial charge in [-0.05, 0) is 44.5 Å². The van der Waals surface area contributed by atoms with Gasteiger partial charge in [0.05, 0.1) is 6.54 Å². The van der Waals surface area contributed by atoms with E-state index in [-0.39, 0.29) is 12.5 Å². The van der Waals surface area contributed by atoms with Crippen LogP contribution in [0, 0.1) is 0 Å². The standard InChI is InChI=1S/C16H28N2O3/c1-4-18(5-2)13-14-9-10-15(21-14)16(20)17(3)11-7-6-8-12-19/h9-10,19H,4-8,11-13H2,1-3H3. The quantitative estimate of drug-likeness (QED) is 0.673. The van der Waals surface area contributed by atoms with Crippen molar-refractivity contribution in [1.29, 1.82) is 0 Å². The Kier molecular flexibility index (Phi) is 8.08. The average Bonchev–Trinajstić information content (AvgIpc) is 2.96. The largest absolute Gasteiger partial charge is 0.455 e. The van der Waals surface area contributed by atoms with Gasteiger partial charge in [0.1, 0.15) is 5.76 Å². The number of nitrogens with zero attached hydrogens (tertiary/aromatic N) is 2. The highest BCUT2D eigenvalue weighted by Gasteiger charge is 2.16. The Bertz CT molecular complexity index is 413. The predicted molar refractivity (Wildman–Crippen MR) is 83.2 cm³/mol. The number of carbonyl (C=O) groups is 1. The Hall–Kier alpha value is -1.33. The fourth-order valence-electron chi connectivity index (χ4n) is 2.17. The number of furan rings is 1. The van der Waals surface area contributed by atoms with Crippen molar-refractivity contribution in [3.8, 4) is 0 Å². The van der Waals surface area contributed by atoms with E-state index < -0.39 is 0 Å². The van der Waals surface area contributed by atoms with E-state index in [1.165, 1.54) is 0 Å². The van der Waals surface area contributed by atoms with E-state index in [2.05, 4.69) is 18.7 Å². The molecular weight excluding hydrogens is 268 g/mol. The van der Waals surface area contributed by atoms with Crippen molar-refractivity contribution in [3.05, 3.63) is 23.7 Å². The molecule has 0 aliphatic rings. The zero-order valence-electron chi connectivity index (χ0n) is 13.5. The maximum absolute atomic E-state index is 12.2. The van der Waals surface area contributed by atoms with E-state index in [1.54, 1.807) is 18.0 Å². The number of hydrogen-bond donors (Lipinski definition) is 1. The van der Waals surface area contributed by atoms with Gasteiger partial charge in [-0.25, -0.2) is 0 Å². The lowest BCUT2D eigenvalue weighted by atomic mass is 10.2. The first-order chi connectivity index (χ1) is 10.1. The fourth-order valence-corrected chi connectivity index (χ4v) is 2.17. The lowest BCUT2D eigenvalue weighted by Gasteiger charge is -2.16. The Morgan fingerprint density at radius 1 is 1.19 bits per heavy atom. The van der Waals surface area contributed by atoms with Crippen LogP contribution in [0.4, 0.5) is 0 Å². The smallest absolute Gasteiger partial charge is 0.289 e. The second-order valence-electron chi connectivity index (χ2n) is 5.24. The molecular formula is C16H28N2O3. The topological polar surface area (TPSA) is 56.9 Å². The number of hydrogen-bond acceptors (Lipinski definition) is 4. The zero-order valence-corrected chi connectivity index (χ0v) is 13.5. The molecule has 0 unspecified atom stereocenters. The minimum Gasteiger partial charge on any atom is -0.455 e. The van der Waals surface area contributed by atoms with Gasteiger partial charge in [-0.1, -0.05) is 13.8 Å². The van der Waals surface area contributed by atoms with Crippen LogP contribution in [0.3, 0.4) is 0 Å². The van der Waals surface area contributed by atoms with Crippen molar-refractivity contribution in [1.82, 2.24) is 9.80 Å². The van der Waals surface area contributed by atoms with Crippen LogP contribution < -0.4 is 0 Å². The second kappa shape index (κ2) is 9.58. The van der Waals surface area contributed by atoms with Gasteiger partial charge in [0.2, 0.25) is 0 Å². The Morgan fingerprint density at radius 3 is 2.52 bits per heavy atom. The van der Waals surface area contributed by atoms with Crippen LogP contribution in [0.2, 0.25) is 0 Å². The second-order valence-corrected chi connectivity index (χ2v) is 5.24. The summed E-state index contributed by atoms with van der Waals surface area (Å²) in [6.07, 6.45) is 2.62. The lowest BCUT2D eigenvalue weighted by molar-refractivity contribution is 0.0757.